The predicted octanol–water partition coefficient (Wildman–Crippen LogP) is -0.995. The van der Waals surface area contributed by atoms with Gasteiger partial charge >= 0.3 is 5.97 Å². The third-order valence-corrected chi connectivity index (χ3v) is 6.25. The highest BCUT2D eigenvalue weighted by molar-refractivity contribution is 7.80. The molecule has 1 fully saturated rings. The largest absolute Gasteiger partial charge is 0.480 e. The number of carbonyl (C=O) groups is 4. The van der Waals surface area contributed by atoms with Crippen molar-refractivity contribution in [2.75, 3.05) is 18.9 Å². The van der Waals surface area contributed by atoms with E-state index < -0.39 is 48.6 Å². The number of nitrogens with zero attached hydrogens (tertiary/aromatic N) is 1. The first-order valence-corrected chi connectivity index (χ1v) is 11.6. The molecule has 3 amide bonds. The van der Waals surface area contributed by atoms with Gasteiger partial charge in [0.15, 0.2) is 0 Å². The maximum absolute atomic E-state index is 13.1. The first-order valence-electron chi connectivity index (χ1n) is 10.9. The topological polar surface area (TPSA) is 178 Å². The average Bonchev–Trinajstić information content (AvgIpc) is 3.47. The van der Waals surface area contributed by atoms with Crippen LogP contribution in [0.4, 0.5) is 0 Å². The van der Waals surface area contributed by atoms with Crippen molar-refractivity contribution in [2.45, 2.75) is 43.4 Å². The number of nitrogens with two attached hydrogens (primary N) is 1. The van der Waals surface area contributed by atoms with Gasteiger partial charge < -0.3 is 36.5 Å². The Morgan fingerprint density at radius 1 is 1.21 bits per heavy atom. The van der Waals surface area contributed by atoms with Gasteiger partial charge in [-0.05, 0) is 30.9 Å². The molecule has 2 aromatic rings. The van der Waals surface area contributed by atoms with Gasteiger partial charge in [-0.2, -0.15) is 12.6 Å². The summed E-state index contributed by atoms with van der Waals surface area (Å²) in [7, 11) is 0. The Labute approximate surface area is 201 Å². The second-order valence-corrected chi connectivity index (χ2v) is 8.55. The number of aliphatic carboxylic acids is 1. The first-order chi connectivity index (χ1) is 16.3. The highest BCUT2D eigenvalue weighted by atomic mass is 32.1. The predicted molar refractivity (Wildman–Crippen MR) is 127 cm³/mol. The van der Waals surface area contributed by atoms with Crippen LogP contribution in [0.3, 0.4) is 0 Å². The molecule has 184 valence electrons. The summed E-state index contributed by atoms with van der Waals surface area (Å²) in [6.07, 6.45) is 3.13. The number of H-pyrrole nitrogens is 1. The van der Waals surface area contributed by atoms with Crippen molar-refractivity contribution in [1.29, 1.82) is 0 Å². The van der Waals surface area contributed by atoms with Crippen LogP contribution in [-0.4, -0.2) is 86.9 Å². The molecule has 4 unspecified atom stereocenters. The van der Waals surface area contributed by atoms with E-state index in [1.165, 1.54) is 4.90 Å². The number of benzene rings is 1. The van der Waals surface area contributed by atoms with E-state index in [9.17, 15) is 19.2 Å². The molecule has 7 N–H and O–H groups in total. The van der Waals surface area contributed by atoms with Gasteiger partial charge in [-0.1, -0.05) is 18.2 Å². The number of rotatable bonds is 10. The van der Waals surface area contributed by atoms with Crippen LogP contribution in [-0.2, 0) is 25.6 Å². The fourth-order valence-corrected chi connectivity index (χ4v) is 4.32. The highest BCUT2D eigenvalue weighted by Gasteiger charge is 2.37. The Kier molecular flexibility index (Phi) is 8.53. The molecule has 12 heteroatoms. The Balaban J connectivity index is 1.63. The second kappa shape index (κ2) is 11.4. The van der Waals surface area contributed by atoms with Crippen LogP contribution in [0.1, 0.15) is 18.4 Å². The summed E-state index contributed by atoms with van der Waals surface area (Å²) >= 11 is 4.06. The number of likely N-dealkylation sites (tertiary alicyclic amines) is 1. The van der Waals surface area contributed by atoms with E-state index in [0.717, 1.165) is 16.5 Å². The second-order valence-electron chi connectivity index (χ2n) is 8.19. The summed E-state index contributed by atoms with van der Waals surface area (Å²) in [6, 6.07) is 3.40. The molecule has 1 aromatic carbocycles. The number of amides is 3. The minimum atomic E-state index is -1.50. The van der Waals surface area contributed by atoms with Crippen LogP contribution in [0.15, 0.2) is 30.5 Å². The molecule has 34 heavy (non-hydrogen) atoms. The van der Waals surface area contributed by atoms with E-state index >= 15 is 0 Å². The number of thiol groups is 1. The zero-order valence-electron chi connectivity index (χ0n) is 18.4. The zero-order valence-corrected chi connectivity index (χ0v) is 19.3. The van der Waals surface area contributed by atoms with Crippen LogP contribution in [0.25, 0.3) is 10.9 Å². The molecule has 3 rings (SSSR count). The summed E-state index contributed by atoms with van der Waals surface area (Å²) in [5.74, 6) is -3.21. The summed E-state index contributed by atoms with van der Waals surface area (Å²) < 4.78 is 0. The maximum Gasteiger partial charge on any atom is 0.328 e. The average molecular weight is 492 g/mol. The smallest absolute Gasteiger partial charge is 0.328 e. The fourth-order valence-electron chi connectivity index (χ4n) is 4.06. The number of para-hydroxylation sites is 1. The monoisotopic (exact) mass is 491 g/mol. The molecule has 0 bridgehead atoms. The van der Waals surface area contributed by atoms with E-state index in [-0.39, 0.29) is 11.7 Å². The molecule has 0 radical (unpaired) electrons. The number of hydrogen-bond donors (Lipinski definition) is 7. The minimum absolute atomic E-state index is 0.101. The number of aromatic amines is 1. The van der Waals surface area contributed by atoms with Gasteiger partial charge in [-0.3, -0.25) is 14.4 Å². The van der Waals surface area contributed by atoms with Crippen LogP contribution in [0.5, 0.6) is 0 Å². The van der Waals surface area contributed by atoms with Crippen molar-refractivity contribution in [2.24, 2.45) is 5.73 Å². The third-order valence-electron chi connectivity index (χ3n) is 5.88. The van der Waals surface area contributed by atoms with Crippen LogP contribution < -0.4 is 16.4 Å². The summed E-state index contributed by atoms with van der Waals surface area (Å²) in [5.41, 5.74) is 8.07. The molecule has 0 spiro atoms. The lowest BCUT2D eigenvalue weighted by molar-refractivity contribution is -0.143. The van der Waals surface area contributed by atoms with Gasteiger partial charge in [0.1, 0.15) is 18.1 Å². The van der Waals surface area contributed by atoms with Crippen molar-refractivity contribution in [1.82, 2.24) is 20.5 Å². The summed E-state index contributed by atoms with van der Waals surface area (Å²) in [6.45, 7) is -0.435. The number of nitrogens with one attached hydrogen (secondary N) is 3. The fraction of sp³-hybridized carbons (Fsp3) is 0.455. The molecule has 1 aliphatic rings. The van der Waals surface area contributed by atoms with Gasteiger partial charge in [0, 0.05) is 29.4 Å². The number of aliphatic hydroxyl groups is 1. The molecule has 1 saturated heterocycles. The number of fused-ring (bicyclic) bond motifs is 1. The number of carboxylic acids is 1. The van der Waals surface area contributed by atoms with Crippen LogP contribution in [0.2, 0.25) is 0 Å². The van der Waals surface area contributed by atoms with Crippen molar-refractivity contribution in [3.05, 3.63) is 36.0 Å². The number of carboxylic acid groups (broad SMARTS) is 1. The molecule has 0 saturated carbocycles. The van der Waals surface area contributed by atoms with Crippen LogP contribution >= 0.6 is 12.6 Å². The highest BCUT2D eigenvalue weighted by Crippen LogP contribution is 2.22. The van der Waals surface area contributed by atoms with Gasteiger partial charge in [-0.25, -0.2) is 4.79 Å². The summed E-state index contributed by atoms with van der Waals surface area (Å²) in [4.78, 5) is 54.0. The van der Waals surface area contributed by atoms with E-state index in [2.05, 4.69) is 28.2 Å². The van der Waals surface area contributed by atoms with Crippen molar-refractivity contribution < 1.29 is 29.4 Å². The molecular weight excluding hydrogens is 462 g/mol. The minimum Gasteiger partial charge on any atom is -0.480 e. The maximum atomic E-state index is 13.1. The van der Waals surface area contributed by atoms with Crippen LogP contribution in [0, 0.1) is 0 Å². The number of hydrogen-bond acceptors (Lipinski definition) is 7. The Bertz CT molecular complexity index is 1060. The molecule has 0 aliphatic carbocycles. The van der Waals surface area contributed by atoms with Gasteiger partial charge in [0.2, 0.25) is 17.7 Å². The lowest BCUT2D eigenvalue weighted by Crippen LogP contribution is -2.57. The van der Waals surface area contributed by atoms with Gasteiger partial charge in [0.25, 0.3) is 0 Å². The quantitative estimate of drug-likeness (QED) is 0.208. The Hall–Kier alpha value is -3.09. The van der Waals surface area contributed by atoms with Crippen molar-refractivity contribution in [3.8, 4) is 0 Å². The molecular formula is C22H29N5O6S. The van der Waals surface area contributed by atoms with E-state index in [4.69, 9.17) is 15.9 Å². The Morgan fingerprint density at radius 3 is 2.62 bits per heavy atom. The summed E-state index contributed by atoms with van der Waals surface area (Å²) in [5, 5.41) is 23.7. The molecule has 1 aliphatic heterocycles. The molecule has 1 aromatic heterocycles. The lowest BCUT2D eigenvalue weighted by Gasteiger charge is -2.28. The molecule has 2 heterocycles. The Morgan fingerprint density at radius 2 is 1.94 bits per heavy atom. The molecule has 4 atom stereocenters. The van der Waals surface area contributed by atoms with Crippen molar-refractivity contribution >= 4 is 47.2 Å². The normalized spacial score (nSPS) is 18.3. The number of aromatic nitrogens is 1. The first kappa shape index (κ1) is 25.5. The lowest BCUT2D eigenvalue weighted by atomic mass is 10.0. The number of carbonyl (C=O) groups excluding carboxylic acids is 3. The SMILES string of the molecule is NC(Cc1c[nH]c2ccccc12)C(=O)N1CCCC1C(=O)NC(CS)C(=O)NC(CO)C(=O)O. The standard InChI is InChI=1S/C22H29N5O6S/c23-14(8-12-9-24-15-5-2-1-4-13(12)15)21(31)27-7-3-6-18(27)20(30)26-17(11-34)19(29)25-16(10-28)22(32)33/h1-2,4-5,9,14,16-18,24,28,34H,3,6-8,10-11,23H2,(H,25,29)(H,26,30)(H,32,33). The zero-order chi connectivity index (χ0) is 24.8. The van der Waals surface area contributed by atoms with Crippen molar-refractivity contribution in [3.63, 3.8) is 0 Å². The number of aliphatic hydroxyl groups excluding tert-OH is 1. The van der Waals surface area contributed by atoms with Gasteiger partial charge in [0.05, 0.1) is 12.6 Å². The van der Waals surface area contributed by atoms with Gasteiger partial charge in [-0.15, -0.1) is 0 Å². The van der Waals surface area contributed by atoms with E-state index in [0.29, 0.717) is 25.8 Å². The molecule has 11 nitrogen and oxygen atoms in total. The third kappa shape index (κ3) is 5.69. The van der Waals surface area contributed by atoms with E-state index in [1.807, 2.05) is 30.5 Å². The van der Waals surface area contributed by atoms with E-state index in [1.54, 1.807) is 0 Å².